The van der Waals surface area contributed by atoms with Crippen LogP contribution in [0.15, 0.2) is 41.4 Å². The zero-order chi connectivity index (χ0) is 22.2. The molecule has 3 heterocycles. The monoisotopic (exact) mass is 443 g/mol. The lowest BCUT2D eigenvalue weighted by atomic mass is 9.93. The number of benzene rings is 2. The van der Waals surface area contributed by atoms with Crippen LogP contribution >= 0.6 is 11.6 Å². The minimum atomic E-state index is -0.168. The Morgan fingerprint density at radius 3 is 3.00 bits per heavy atom. The van der Waals surface area contributed by atoms with Gasteiger partial charge in [-0.3, -0.25) is 10.1 Å². The van der Waals surface area contributed by atoms with Gasteiger partial charge >= 0.3 is 0 Å². The Hall–Kier alpha value is -3.40. The predicted molar refractivity (Wildman–Crippen MR) is 126 cm³/mol. The quantitative estimate of drug-likeness (QED) is 0.553. The second kappa shape index (κ2) is 8.27. The fraction of sp³-hybridized carbons (Fsp3) is 0.240. The van der Waals surface area contributed by atoms with E-state index in [9.17, 15) is 5.26 Å². The van der Waals surface area contributed by atoms with Gasteiger partial charge in [0.15, 0.2) is 0 Å². The summed E-state index contributed by atoms with van der Waals surface area (Å²) in [6.07, 6.45) is 3.49. The molecule has 7 heteroatoms. The number of aromatic amines is 1. The molecule has 0 amide bonds. The lowest BCUT2D eigenvalue weighted by Crippen LogP contribution is -2.24. The van der Waals surface area contributed by atoms with E-state index in [0.717, 1.165) is 53.2 Å². The van der Waals surface area contributed by atoms with E-state index in [1.165, 1.54) is 11.3 Å². The van der Waals surface area contributed by atoms with E-state index in [2.05, 4.69) is 33.3 Å². The first kappa shape index (κ1) is 20.5. The van der Waals surface area contributed by atoms with Gasteiger partial charge in [0.2, 0.25) is 0 Å². The molecule has 32 heavy (non-hydrogen) atoms. The first-order valence-electron chi connectivity index (χ1n) is 10.6. The summed E-state index contributed by atoms with van der Waals surface area (Å²) in [4.78, 5) is 4.16. The van der Waals surface area contributed by atoms with E-state index in [1.54, 1.807) is 12.1 Å². The standard InChI is InChI=1S/C25H22ClN5O/c1-3-17(18-5-4-14(12-27)8-22(18)28-2)19-11-16(26)9-15-10-23(32-25(15)19)24-20-13-29-7-6-21(20)30-31-24/h3-5,8-9,11,23,29H,2,6-7,10,13H2,1H3,(H,30,31)/b17-3+/t23-/m1/s1. The maximum Gasteiger partial charge on any atom is 0.147 e. The third-order valence-electron chi connectivity index (χ3n) is 6.11. The minimum absolute atomic E-state index is 0.168. The van der Waals surface area contributed by atoms with Crippen molar-refractivity contribution in [1.82, 2.24) is 15.5 Å². The van der Waals surface area contributed by atoms with Crippen molar-refractivity contribution in [3.8, 4) is 11.8 Å². The molecule has 3 aromatic rings. The number of halogens is 1. The van der Waals surface area contributed by atoms with E-state index in [4.69, 9.17) is 16.3 Å². The molecule has 0 fully saturated rings. The summed E-state index contributed by atoms with van der Waals surface area (Å²) in [6.45, 7) is 7.41. The maximum absolute atomic E-state index is 9.25. The number of ether oxygens (including phenoxy) is 1. The highest BCUT2D eigenvalue weighted by atomic mass is 35.5. The molecule has 2 N–H and O–H groups in total. The van der Waals surface area contributed by atoms with E-state index >= 15 is 0 Å². The summed E-state index contributed by atoms with van der Waals surface area (Å²) < 4.78 is 6.52. The van der Waals surface area contributed by atoms with Crippen molar-refractivity contribution in [3.05, 3.63) is 80.6 Å². The van der Waals surface area contributed by atoms with Crippen molar-refractivity contribution in [2.45, 2.75) is 32.4 Å². The van der Waals surface area contributed by atoms with Gasteiger partial charge in [-0.1, -0.05) is 23.7 Å². The molecule has 2 aliphatic heterocycles. The van der Waals surface area contributed by atoms with Gasteiger partial charge in [-0.15, -0.1) is 0 Å². The van der Waals surface area contributed by atoms with Crippen molar-refractivity contribution in [2.75, 3.05) is 6.54 Å². The van der Waals surface area contributed by atoms with Gasteiger partial charge in [0, 0.05) is 58.9 Å². The van der Waals surface area contributed by atoms with Crippen molar-refractivity contribution in [3.63, 3.8) is 0 Å². The third kappa shape index (κ3) is 3.40. The van der Waals surface area contributed by atoms with Gasteiger partial charge in [-0.25, -0.2) is 0 Å². The first-order valence-corrected chi connectivity index (χ1v) is 10.9. The molecule has 160 valence electrons. The second-order valence-corrected chi connectivity index (χ2v) is 8.39. The number of nitrogens with one attached hydrogen (secondary N) is 2. The summed E-state index contributed by atoms with van der Waals surface area (Å²) in [5, 5.41) is 21.1. The van der Waals surface area contributed by atoms with Crippen molar-refractivity contribution >= 4 is 29.6 Å². The van der Waals surface area contributed by atoms with Crippen LogP contribution in [0.2, 0.25) is 5.02 Å². The highest BCUT2D eigenvalue weighted by molar-refractivity contribution is 6.31. The van der Waals surface area contributed by atoms with E-state index in [0.29, 0.717) is 22.7 Å². The summed E-state index contributed by atoms with van der Waals surface area (Å²) in [6, 6.07) is 11.5. The highest BCUT2D eigenvalue weighted by Gasteiger charge is 2.33. The minimum Gasteiger partial charge on any atom is -0.483 e. The van der Waals surface area contributed by atoms with Gasteiger partial charge in [0.25, 0.3) is 0 Å². The van der Waals surface area contributed by atoms with Crippen LogP contribution < -0.4 is 10.1 Å². The number of rotatable bonds is 4. The average Bonchev–Trinajstić information content (AvgIpc) is 3.43. The first-order chi connectivity index (χ1) is 15.6. The largest absolute Gasteiger partial charge is 0.483 e. The molecule has 1 aromatic heterocycles. The fourth-order valence-corrected chi connectivity index (χ4v) is 4.85. The molecular formula is C25H22ClN5O. The number of hydrogen-bond donors (Lipinski definition) is 2. The summed E-state index contributed by atoms with van der Waals surface area (Å²) in [5.41, 5.74) is 8.29. The zero-order valence-corrected chi connectivity index (χ0v) is 18.5. The Labute approximate surface area is 191 Å². The van der Waals surface area contributed by atoms with Crippen LogP contribution in [0, 0.1) is 11.3 Å². The normalized spacial score (nSPS) is 17.3. The lowest BCUT2D eigenvalue weighted by molar-refractivity contribution is 0.231. The molecule has 0 spiro atoms. The number of aliphatic imine (C=N–C) groups is 1. The van der Waals surface area contributed by atoms with Crippen molar-refractivity contribution in [2.24, 2.45) is 4.99 Å². The van der Waals surface area contributed by atoms with Gasteiger partial charge < -0.3 is 10.1 Å². The number of nitriles is 1. The molecule has 6 nitrogen and oxygen atoms in total. The fourth-order valence-electron chi connectivity index (χ4n) is 4.61. The van der Waals surface area contributed by atoms with Crippen LogP contribution in [0.25, 0.3) is 5.57 Å². The van der Waals surface area contributed by atoms with Gasteiger partial charge in [-0.05, 0) is 43.5 Å². The number of H-pyrrole nitrogens is 1. The SMILES string of the molecule is C=Nc1cc(C#N)ccc1/C(=C\C)c1cc(Cl)cc2c1O[C@@H](c1n[nH]c3c1CNCC3)C2. The maximum atomic E-state index is 9.25. The molecule has 0 radical (unpaired) electrons. The number of hydrogen-bond acceptors (Lipinski definition) is 5. The molecule has 5 rings (SSSR count). The van der Waals surface area contributed by atoms with Crippen molar-refractivity contribution in [1.29, 1.82) is 5.26 Å². The lowest BCUT2D eigenvalue weighted by Gasteiger charge is -2.17. The number of aromatic nitrogens is 2. The summed E-state index contributed by atoms with van der Waals surface area (Å²) in [7, 11) is 0. The molecule has 0 saturated heterocycles. The average molecular weight is 444 g/mol. The van der Waals surface area contributed by atoms with Crippen LogP contribution in [0.4, 0.5) is 5.69 Å². The summed E-state index contributed by atoms with van der Waals surface area (Å²) >= 11 is 6.53. The van der Waals surface area contributed by atoms with Gasteiger partial charge in [0.05, 0.1) is 17.3 Å². The Morgan fingerprint density at radius 1 is 1.34 bits per heavy atom. The third-order valence-corrected chi connectivity index (χ3v) is 6.32. The Morgan fingerprint density at radius 2 is 2.22 bits per heavy atom. The van der Waals surface area contributed by atoms with Crippen LogP contribution in [0.3, 0.4) is 0 Å². The second-order valence-electron chi connectivity index (χ2n) is 7.95. The number of allylic oxidation sites excluding steroid dienone is 1. The van der Waals surface area contributed by atoms with E-state index in [1.807, 2.05) is 31.2 Å². The van der Waals surface area contributed by atoms with Gasteiger partial charge in [0.1, 0.15) is 17.5 Å². The van der Waals surface area contributed by atoms with Crippen LogP contribution in [-0.2, 0) is 19.4 Å². The van der Waals surface area contributed by atoms with E-state index in [-0.39, 0.29) is 6.10 Å². The number of fused-ring (bicyclic) bond motifs is 2. The van der Waals surface area contributed by atoms with E-state index < -0.39 is 0 Å². The highest BCUT2D eigenvalue weighted by Crippen LogP contribution is 2.46. The number of nitrogens with zero attached hydrogens (tertiary/aromatic N) is 3. The molecule has 0 saturated carbocycles. The smallest absolute Gasteiger partial charge is 0.147 e. The molecule has 2 aromatic carbocycles. The molecule has 0 unspecified atom stereocenters. The topological polar surface area (TPSA) is 86.1 Å². The molecule has 0 aliphatic carbocycles. The zero-order valence-electron chi connectivity index (χ0n) is 17.7. The molecule has 2 aliphatic rings. The molecular weight excluding hydrogens is 422 g/mol. The predicted octanol–water partition coefficient (Wildman–Crippen LogP) is 5.04. The molecule has 0 bridgehead atoms. The molecule has 1 atom stereocenters. The van der Waals surface area contributed by atoms with Crippen LogP contribution in [-0.4, -0.2) is 23.5 Å². The Kier molecular flexibility index (Phi) is 5.30. The Bertz CT molecular complexity index is 1300. The van der Waals surface area contributed by atoms with Crippen molar-refractivity contribution < 1.29 is 4.74 Å². The summed E-state index contributed by atoms with van der Waals surface area (Å²) in [5.74, 6) is 0.812. The van der Waals surface area contributed by atoms with Crippen LogP contribution in [0.5, 0.6) is 5.75 Å². The Balaban J connectivity index is 1.57. The van der Waals surface area contributed by atoms with Gasteiger partial charge in [-0.2, -0.15) is 10.4 Å². The van der Waals surface area contributed by atoms with Crippen LogP contribution in [0.1, 0.15) is 52.2 Å².